The molecule has 0 saturated heterocycles. The summed E-state index contributed by atoms with van der Waals surface area (Å²) >= 11 is 7.00. The van der Waals surface area contributed by atoms with E-state index in [1.165, 1.54) is 11.4 Å². The summed E-state index contributed by atoms with van der Waals surface area (Å²) in [5, 5.41) is 9.27. The third-order valence-corrected chi connectivity index (χ3v) is 7.74. The largest absolute Gasteiger partial charge is 0.322 e. The third kappa shape index (κ3) is 5.64. The van der Waals surface area contributed by atoms with Gasteiger partial charge >= 0.3 is 0 Å². The molecule has 0 heterocycles. The topological polar surface area (TPSA) is 42.2 Å². The lowest BCUT2D eigenvalue weighted by molar-refractivity contribution is 0.234. The van der Waals surface area contributed by atoms with Gasteiger partial charge in [-0.2, -0.15) is 5.26 Å². The molecule has 19 heavy (non-hydrogen) atoms. The molecular weight excluding hydrogens is 297 g/mol. The van der Waals surface area contributed by atoms with Crippen molar-refractivity contribution in [2.75, 3.05) is 12.4 Å². The molecular formula is C13H18NO2PS2. The fraction of sp³-hybridized carbons (Fsp3) is 0.462. The lowest BCUT2D eigenvalue weighted by atomic mass is 10.1. The number of nitrogens with zero attached hydrogens (tertiary/aromatic N) is 1. The van der Waals surface area contributed by atoms with E-state index in [1.807, 2.05) is 37.3 Å². The van der Waals surface area contributed by atoms with Crippen molar-refractivity contribution in [3.8, 4) is 6.07 Å². The van der Waals surface area contributed by atoms with Crippen LogP contribution < -0.4 is 0 Å². The molecule has 0 saturated carbocycles. The molecule has 0 aliphatic carbocycles. The van der Waals surface area contributed by atoms with E-state index in [0.717, 1.165) is 17.7 Å². The molecule has 0 aliphatic rings. The zero-order chi connectivity index (χ0) is 14.1. The summed E-state index contributed by atoms with van der Waals surface area (Å²) in [6.45, 7) is 4.47. The van der Waals surface area contributed by atoms with Crippen molar-refractivity contribution in [2.24, 2.45) is 0 Å². The predicted molar refractivity (Wildman–Crippen MR) is 84.5 cm³/mol. The van der Waals surface area contributed by atoms with Crippen molar-refractivity contribution < 1.29 is 9.05 Å². The Morgan fingerprint density at radius 2 is 2.05 bits per heavy atom. The number of rotatable bonds is 8. The van der Waals surface area contributed by atoms with Gasteiger partial charge in [-0.25, -0.2) is 0 Å². The van der Waals surface area contributed by atoms with E-state index in [2.05, 4.69) is 13.0 Å². The second-order valence-electron chi connectivity index (χ2n) is 3.72. The molecule has 1 aromatic carbocycles. The molecule has 1 rings (SSSR count). The Bertz CT molecular complexity index is 461. The van der Waals surface area contributed by atoms with Crippen molar-refractivity contribution >= 4 is 28.9 Å². The van der Waals surface area contributed by atoms with E-state index in [-0.39, 0.29) is 0 Å². The fourth-order valence-corrected chi connectivity index (χ4v) is 6.17. The number of benzene rings is 1. The summed E-state index contributed by atoms with van der Waals surface area (Å²) in [6, 6.07) is 11.6. The van der Waals surface area contributed by atoms with Gasteiger partial charge in [0.2, 0.25) is 5.69 Å². The van der Waals surface area contributed by atoms with Gasteiger partial charge < -0.3 is 4.52 Å². The summed E-state index contributed by atoms with van der Waals surface area (Å²) in [5.74, 6) is 0.879. The average Bonchev–Trinajstić information content (AvgIpc) is 2.44. The highest BCUT2D eigenvalue weighted by molar-refractivity contribution is 8.67. The van der Waals surface area contributed by atoms with Crippen LogP contribution >= 0.6 is 17.1 Å². The van der Waals surface area contributed by atoms with Crippen molar-refractivity contribution in [1.82, 2.24) is 0 Å². The highest BCUT2D eigenvalue weighted by Crippen LogP contribution is 2.63. The van der Waals surface area contributed by atoms with Crippen LogP contribution in [0.1, 0.15) is 31.9 Å². The first-order valence-corrected chi connectivity index (χ1v) is 10.4. The Morgan fingerprint density at radius 3 is 2.58 bits per heavy atom. The summed E-state index contributed by atoms with van der Waals surface area (Å²) < 4.78 is 11.4. The van der Waals surface area contributed by atoms with Gasteiger partial charge in [0.05, 0.1) is 12.7 Å². The second-order valence-corrected chi connectivity index (χ2v) is 10.1. The Kier molecular flexibility index (Phi) is 7.67. The first-order chi connectivity index (χ1) is 9.15. The van der Waals surface area contributed by atoms with Crippen molar-refractivity contribution in [3.63, 3.8) is 0 Å². The van der Waals surface area contributed by atoms with Crippen LogP contribution in [-0.4, -0.2) is 12.4 Å². The van der Waals surface area contributed by atoms with Crippen LogP contribution in [0.5, 0.6) is 0 Å². The monoisotopic (exact) mass is 315 g/mol. The molecule has 0 aromatic heterocycles. The molecule has 0 spiro atoms. The highest BCUT2D eigenvalue weighted by atomic mass is 32.9. The SMILES string of the molecule is CCCSP(=S)(OCC)OC(C#N)c1ccccc1. The Hall–Kier alpha value is -0.370. The lowest BCUT2D eigenvalue weighted by Crippen LogP contribution is -2.01. The maximum atomic E-state index is 9.27. The van der Waals surface area contributed by atoms with Gasteiger partial charge in [0.1, 0.15) is 0 Å². The Balaban J connectivity index is 2.82. The van der Waals surface area contributed by atoms with Gasteiger partial charge in [-0.3, -0.25) is 4.52 Å². The zero-order valence-corrected chi connectivity index (χ0v) is 13.6. The standard InChI is InChI=1S/C13H18NO2PS2/c1-3-10-19-17(18,15-4-2)16-13(11-14)12-8-6-5-7-9-12/h5-9,13H,3-4,10H2,1-2H3. The van der Waals surface area contributed by atoms with Crippen LogP contribution in [0.25, 0.3) is 0 Å². The predicted octanol–water partition coefficient (Wildman–Crippen LogP) is 4.67. The summed E-state index contributed by atoms with van der Waals surface area (Å²) in [4.78, 5) is 0. The fourth-order valence-electron chi connectivity index (χ4n) is 1.38. The molecule has 6 heteroatoms. The number of hydrogen-bond donors (Lipinski definition) is 0. The molecule has 2 unspecified atom stereocenters. The first kappa shape index (κ1) is 16.7. The zero-order valence-electron chi connectivity index (χ0n) is 11.1. The van der Waals surface area contributed by atoms with Crippen molar-refractivity contribution in [3.05, 3.63) is 35.9 Å². The van der Waals surface area contributed by atoms with E-state index in [0.29, 0.717) is 6.61 Å². The van der Waals surface area contributed by atoms with Crippen LogP contribution in [0.2, 0.25) is 0 Å². The minimum absolute atomic E-state index is 0.501. The van der Waals surface area contributed by atoms with Gasteiger partial charge in [-0.05, 0) is 30.7 Å². The molecule has 2 atom stereocenters. The van der Waals surface area contributed by atoms with E-state index in [1.54, 1.807) is 0 Å². The van der Waals surface area contributed by atoms with Crippen LogP contribution in [0.4, 0.5) is 0 Å². The normalized spacial score (nSPS) is 15.4. The van der Waals surface area contributed by atoms with Gasteiger partial charge in [0, 0.05) is 5.75 Å². The second kappa shape index (κ2) is 8.73. The minimum Gasteiger partial charge on any atom is -0.322 e. The van der Waals surface area contributed by atoms with E-state index >= 15 is 0 Å². The van der Waals surface area contributed by atoms with Crippen molar-refractivity contribution in [1.29, 1.82) is 5.26 Å². The summed E-state index contributed by atoms with van der Waals surface area (Å²) in [5.41, 5.74) is -1.63. The van der Waals surface area contributed by atoms with Gasteiger partial charge in [0.25, 0.3) is 0 Å². The molecule has 0 bridgehead atoms. The van der Waals surface area contributed by atoms with E-state index in [4.69, 9.17) is 20.9 Å². The average molecular weight is 315 g/mol. The molecule has 0 amide bonds. The first-order valence-electron chi connectivity index (χ1n) is 6.17. The van der Waals surface area contributed by atoms with Crippen LogP contribution in [0.15, 0.2) is 30.3 Å². The smallest absolute Gasteiger partial charge is 0.248 e. The molecule has 104 valence electrons. The third-order valence-electron chi connectivity index (χ3n) is 2.19. The quantitative estimate of drug-likeness (QED) is 0.652. The van der Waals surface area contributed by atoms with Gasteiger partial charge in [-0.15, -0.1) is 0 Å². The number of hydrogen-bond acceptors (Lipinski definition) is 5. The maximum absolute atomic E-state index is 9.27. The van der Waals surface area contributed by atoms with Crippen LogP contribution in [0.3, 0.4) is 0 Å². The minimum atomic E-state index is -2.45. The van der Waals surface area contributed by atoms with E-state index in [9.17, 15) is 5.26 Å². The number of nitriles is 1. The van der Waals surface area contributed by atoms with Crippen LogP contribution in [0, 0.1) is 11.3 Å². The van der Waals surface area contributed by atoms with Crippen molar-refractivity contribution in [2.45, 2.75) is 26.4 Å². The van der Waals surface area contributed by atoms with Gasteiger partial charge in [-0.1, -0.05) is 48.6 Å². The Morgan fingerprint density at radius 1 is 1.37 bits per heavy atom. The molecule has 0 N–H and O–H groups in total. The molecule has 1 aromatic rings. The molecule has 0 radical (unpaired) electrons. The summed E-state index contributed by atoms with van der Waals surface area (Å²) in [7, 11) is 0. The highest BCUT2D eigenvalue weighted by Gasteiger charge is 2.25. The summed E-state index contributed by atoms with van der Waals surface area (Å²) in [6.07, 6.45) is 0.338. The molecule has 3 nitrogen and oxygen atoms in total. The van der Waals surface area contributed by atoms with Crippen LogP contribution in [-0.2, 0) is 20.9 Å². The molecule has 0 aliphatic heterocycles. The molecule has 0 fully saturated rings. The lowest BCUT2D eigenvalue weighted by Gasteiger charge is -2.23. The maximum Gasteiger partial charge on any atom is 0.248 e. The van der Waals surface area contributed by atoms with Gasteiger partial charge in [0.15, 0.2) is 6.10 Å². The van der Waals surface area contributed by atoms with E-state index < -0.39 is 11.8 Å². The Labute approximate surface area is 124 Å².